The van der Waals surface area contributed by atoms with E-state index in [4.69, 9.17) is 4.74 Å². The van der Waals surface area contributed by atoms with Crippen molar-refractivity contribution in [1.82, 2.24) is 19.8 Å². The largest absolute Gasteiger partial charge is 0.497 e. The number of fused-ring (bicyclic) bond motifs is 1. The van der Waals surface area contributed by atoms with Crippen molar-refractivity contribution in [1.29, 1.82) is 0 Å². The highest BCUT2D eigenvalue weighted by Gasteiger charge is 2.30. The Labute approximate surface area is 149 Å². The Balaban J connectivity index is 1.71. The molecule has 0 spiro atoms. The van der Waals surface area contributed by atoms with E-state index in [2.05, 4.69) is 15.3 Å². The zero-order valence-corrected chi connectivity index (χ0v) is 14.2. The van der Waals surface area contributed by atoms with Crippen molar-refractivity contribution in [3.05, 3.63) is 54.1 Å². The Morgan fingerprint density at radius 3 is 2.19 bits per heavy atom. The highest BCUT2D eigenvalue weighted by Crippen LogP contribution is 2.33. The molecule has 26 heavy (non-hydrogen) atoms. The summed E-state index contributed by atoms with van der Waals surface area (Å²) in [6.07, 6.45) is -4.36. The van der Waals surface area contributed by atoms with E-state index < -0.39 is 11.7 Å². The van der Waals surface area contributed by atoms with E-state index in [1.165, 1.54) is 23.5 Å². The second-order valence-electron chi connectivity index (χ2n) is 5.43. The second kappa shape index (κ2) is 6.10. The summed E-state index contributed by atoms with van der Waals surface area (Å²) in [5.41, 5.74) is 0.708. The number of hydrogen-bond donors (Lipinski definition) is 0. The van der Waals surface area contributed by atoms with Crippen LogP contribution >= 0.6 is 11.3 Å². The number of methoxy groups -OCH3 is 1. The van der Waals surface area contributed by atoms with Gasteiger partial charge < -0.3 is 4.74 Å². The first-order valence-corrected chi connectivity index (χ1v) is 8.31. The van der Waals surface area contributed by atoms with Crippen molar-refractivity contribution in [2.24, 2.45) is 0 Å². The third kappa shape index (κ3) is 2.90. The minimum atomic E-state index is -4.36. The highest BCUT2D eigenvalue weighted by molar-refractivity contribution is 7.19. The maximum atomic E-state index is 12.7. The van der Waals surface area contributed by atoms with Crippen LogP contribution < -0.4 is 4.74 Å². The average Bonchev–Trinajstić information content (AvgIpc) is 3.22. The van der Waals surface area contributed by atoms with Crippen LogP contribution in [-0.2, 0) is 6.18 Å². The minimum absolute atomic E-state index is 0.553. The van der Waals surface area contributed by atoms with Gasteiger partial charge in [0, 0.05) is 11.1 Å². The van der Waals surface area contributed by atoms with Crippen molar-refractivity contribution >= 4 is 16.3 Å². The molecule has 5 nitrogen and oxygen atoms in total. The van der Waals surface area contributed by atoms with Crippen LogP contribution in [0.3, 0.4) is 0 Å². The van der Waals surface area contributed by atoms with E-state index in [0.717, 1.165) is 23.4 Å². The summed E-state index contributed by atoms with van der Waals surface area (Å²) < 4.78 is 44.8. The van der Waals surface area contributed by atoms with Gasteiger partial charge in [0.15, 0.2) is 5.82 Å². The summed E-state index contributed by atoms with van der Waals surface area (Å²) in [5.74, 6) is 1.27. The van der Waals surface area contributed by atoms with Crippen LogP contribution in [0.5, 0.6) is 5.75 Å². The number of nitrogens with zero attached hydrogens (tertiary/aromatic N) is 4. The van der Waals surface area contributed by atoms with Crippen LogP contribution in [0.15, 0.2) is 48.5 Å². The monoisotopic (exact) mass is 376 g/mol. The second-order valence-corrected chi connectivity index (χ2v) is 6.38. The number of rotatable bonds is 3. The van der Waals surface area contributed by atoms with Crippen molar-refractivity contribution < 1.29 is 17.9 Å². The molecular weight excluding hydrogens is 365 g/mol. The van der Waals surface area contributed by atoms with E-state index in [9.17, 15) is 13.2 Å². The smallest absolute Gasteiger partial charge is 0.416 e. The average molecular weight is 376 g/mol. The molecule has 0 N–H and O–H groups in total. The van der Waals surface area contributed by atoms with Crippen LogP contribution in [0.1, 0.15) is 5.56 Å². The van der Waals surface area contributed by atoms with Gasteiger partial charge in [0.05, 0.1) is 12.7 Å². The molecule has 0 aliphatic carbocycles. The molecular formula is C17H11F3N4OS. The highest BCUT2D eigenvalue weighted by atomic mass is 32.1. The molecule has 0 saturated carbocycles. The van der Waals surface area contributed by atoms with E-state index >= 15 is 0 Å². The Kier molecular flexibility index (Phi) is 3.87. The molecule has 0 radical (unpaired) electrons. The third-order valence-electron chi connectivity index (χ3n) is 3.80. The fraction of sp³-hybridized carbons (Fsp3) is 0.118. The summed E-state index contributed by atoms with van der Waals surface area (Å²) in [6.45, 7) is 0. The predicted molar refractivity (Wildman–Crippen MR) is 91.1 cm³/mol. The molecule has 4 aromatic rings. The quantitative estimate of drug-likeness (QED) is 0.527. The van der Waals surface area contributed by atoms with Gasteiger partial charge in [-0.25, -0.2) is 0 Å². The van der Waals surface area contributed by atoms with Crippen LogP contribution in [0, 0.1) is 0 Å². The number of aromatic nitrogens is 4. The lowest BCUT2D eigenvalue weighted by Gasteiger charge is -2.06. The van der Waals surface area contributed by atoms with Gasteiger partial charge in [0.2, 0.25) is 4.96 Å². The SMILES string of the molecule is COc1ccc(-c2nnc3sc(-c4ccc(C(F)(F)F)cc4)nn23)cc1. The lowest BCUT2D eigenvalue weighted by molar-refractivity contribution is -0.137. The first-order chi connectivity index (χ1) is 12.5. The Bertz CT molecular complexity index is 1050. The third-order valence-corrected chi connectivity index (χ3v) is 4.75. The van der Waals surface area contributed by atoms with Crippen LogP contribution in [0.4, 0.5) is 13.2 Å². The summed E-state index contributed by atoms with van der Waals surface area (Å²) in [4.78, 5) is 0.561. The molecule has 0 atom stereocenters. The molecule has 0 unspecified atom stereocenters. The van der Waals surface area contributed by atoms with Gasteiger partial charge in [0.1, 0.15) is 10.8 Å². The number of hydrogen-bond acceptors (Lipinski definition) is 5. The van der Waals surface area contributed by atoms with Gasteiger partial charge in [-0.15, -0.1) is 10.2 Å². The van der Waals surface area contributed by atoms with E-state index in [-0.39, 0.29) is 0 Å². The van der Waals surface area contributed by atoms with Crippen LogP contribution in [-0.4, -0.2) is 26.9 Å². The summed E-state index contributed by atoms with van der Waals surface area (Å²) in [5, 5.41) is 13.3. The van der Waals surface area contributed by atoms with Crippen molar-refractivity contribution in [2.75, 3.05) is 7.11 Å². The fourth-order valence-corrected chi connectivity index (χ4v) is 3.30. The lowest BCUT2D eigenvalue weighted by atomic mass is 10.1. The van der Waals surface area contributed by atoms with Crippen LogP contribution in [0.25, 0.3) is 26.9 Å². The minimum Gasteiger partial charge on any atom is -0.497 e. The number of alkyl halides is 3. The molecule has 0 saturated heterocycles. The summed E-state index contributed by atoms with van der Waals surface area (Å²) >= 11 is 1.26. The Morgan fingerprint density at radius 1 is 0.923 bits per heavy atom. The standard InChI is InChI=1S/C17H11F3N4OS/c1-25-13-8-4-10(5-9-13)14-21-22-16-24(14)23-15(26-16)11-2-6-12(7-3-11)17(18,19)20/h2-9H,1H3. The summed E-state index contributed by atoms with van der Waals surface area (Å²) in [7, 11) is 1.58. The van der Waals surface area contributed by atoms with Gasteiger partial charge in [-0.2, -0.15) is 22.8 Å². The maximum Gasteiger partial charge on any atom is 0.416 e. The number of ether oxygens (including phenoxy) is 1. The summed E-state index contributed by atoms with van der Waals surface area (Å²) in [6, 6.07) is 12.2. The maximum absolute atomic E-state index is 12.7. The van der Waals surface area contributed by atoms with E-state index in [0.29, 0.717) is 21.4 Å². The van der Waals surface area contributed by atoms with Gasteiger partial charge in [0.25, 0.3) is 0 Å². The topological polar surface area (TPSA) is 52.3 Å². The molecule has 0 aliphatic heterocycles. The number of benzene rings is 2. The van der Waals surface area contributed by atoms with E-state index in [1.54, 1.807) is 23.8 Å². The number of halogens is 3. The first-order valence-electron chi connectivity index (χ1n) is 7.50. The Morgan fingerprint density at radius 2 is 1.58 bits per heavy atom. The normalized spacial score (nSPS) is 11.8. The molecule has 0 amide bonds. The van der Waals surface area contributed by atoms with E-state index in [1.807, 2.05) is 12.1 Å². The van der Waals surface area contributed by atoms with Crippen molar-refractivity contribution in [3.8, 4) is 27.7 Å². The molecule has 0 aliphatic rings. The van der Waals surface area contributed by atoms with Gasteiger partial charge in [-0.1, -0.05) is 23.5 Å². The molecule has 2 heterocycles. The molecule has 0 bridgehead atoms. The zero-order valence-electron chi connectivity index (χ0n) is 13.4. The zero-order chi connectivity index (χ0) is 18.3. The van der Waals surface area contributed by atoms with Crippen molar-refractivity contribution in [3.63, 3.8) is 0 Å². The van der Waals surface area contributed by atoms with Crippen LogP contribution in [0.2, 0.25) is 0 Å². The Hall–Kier alpha value is -2.94. The molecule has 4 rings (SSSR count). The van der Waals surface area contributed by atoms with Gasteiger partial charge in [-0.3, -0.25) is 0 Å². The van der Waals surface area contributed by atoms with Gasteiger partial charge in [-0.05, 0) is 36.4 Å². The molecule has 2 aromatic heterocycles. The molecule has 9 heteroatoms. The van der Waals surface area contributed by atoms with Crippen molar-refractivity contribution in [2.45, 2.75) is 6.18 Å². The predicted octanol–water partition coefficient (Wildman–Crippen LogP) is 4.55. The molecule has 132 valence electrons. The van der Waals surface area contributed by atoms with Gasteiger partial charge >= 0.3 is 6.18 Å². The molecule has 0 fully saturated rings. The first kappa shape index (κ1) is 16.5. The lowest BCUT2D eigenvalue weighted by Crippen LogP contribution is -2.03. The fourth-order valence-electron chi connectivity index (χ4n) is 2.46. The molecule has 2 aromatic carbocycles.